The van der Waals surface area contributed by atoms with E-state index >= 15 is 0 Å². The van der Waals surface area contributed by atoms with Crippen molar-refractivity contribution in [2.24, 2.45) is 0 Å². The Morgan fingerprint density at radius 3 is 2.65 bits per heavy atom. The highest BCUT2D eigenvalue weighted by Gasteiger charge is 2.09. The molecule has 0 aliphatic carbocycles. The van der Waals surface area contributed by atoms with Crippen molar-refractivity contribution in [1.82, 2.24) is 4.57 Å². The Labute approximate surface area is 99.8 Å². The molecule has 0 spiro atoms. The number of nitrogens with zero attached hydrogens (tertiary/aromatic N) is 1. The number of aryl methyl sites for hydroxylation is 1. The lowest BCUT2D eigenvalue weighted by atomic mass is 10.2. The number of sulfone groups is 1. The van der Waals surface area contributed by atoms with E-state index in [0.717, 1.165) is 17.2 Å². The Kier molecular flexibility index (Phi) is 3.02. The van der Waals surface area contributed by atoms with Crippen LogP contribution >= 0.6 is 0 Å². The molecule has 0 unspecified atom stereocenters. The minimum Gasteiger partial charge on any atom is -0.346 e. The molecule has 0 aliphatic rings. The zero-order valence-corrected chi connectivity index (χ0v) is 10.3. The van der Waals surface area contributed by atoms with E-state index in [-0.39, 0.29) is 5.75 Å². The van der Waals surface area contributed by atoms with Crippen molar-refractivity contribution in [3.05, 3.63) is 36.0 Å². The first-order valence-electron chi connectivity index (χ1n) is 5.22. The van der Waals surface area contributed by atoms with Gasteiger partial charge < -0.3 is 4.57 Å². The summed E-state index contributed by atoms with van der Waals surface area (Å²) in [6.45, 7) is 0.368. The maximum absolute atomic E-state index is 11.1. The fourth-order valence-corrected chi connectivity index (χ4v) is 2.35. The largest absolute Gasteiger partial charge is 0.346 e. The van der Waals surface area contributed by atoms with Crippen molar-refractivity contribution >= 4 is 27.0 Å². The average Bonchev–Trinajstić information content (AvgIpc) is 2.64. The molecule has 0 fully saturated rings. The summed E-state index contributed by atoms with van der Waals surface area (Å²) < 4.78 is 24.1. The van der Waals surface area contributed by atoms with E-state index in [2.05, 4.69) is 0 Å². The van der Waals surface area contributed by atoms with Crippen LogP contribution in [0.3, 0.4) is 0 Å². The molecule has 0 saturated carbocycles. The van der Waals surface area contributed by atoms with Crippen LogP contribution in [0, 0.1) is 0 Å². The molecule has 17 heavy (non-hydrogen) atoms. The van der Waals surface area contributed by atoms with Crippen LogP contribution in [-0.2, 0) is 16.4 Å². The molecule has 1 heterocycles. The number of hydrogen-bond donors (Lipinski definition) is 0. The molecular formula is C12H13NO3S. The third kappa shape index (κ3) is 2.55. The number of carbonyl (C=O) groups excluding carboxylic acids is 1. The standard InChI is InChI=1S/C12H13NO3S/c1-17(15,16)7-6-13-8-10(9-14)11-4-2-3-5-12(11)13/h2-5,8-9H,6-7H2,1H3. The Bertz CT molecular complexity index is 655. The number of hydrogen-bond acceptors (Lipinski definition) is 3. The van der Waals surface area contributed by atoms with Crippen LogP contribution in [0.1, 0.15) is 10.4 Å². The third-order valence-corrected chi connectivity index (χ3v) is 3.57. The second-order valence-electron chi connectivity index (χ2n) is 4.04. The Balaban J connectivity index is 2.44. The summed E-state index contributed by atoms with van der Waals surface area (Å²) in [6, 6.07) is 7.46. The summed E-state index contributed by atoms with van der Waals surface area (Å²) in [5.74, 6) is 0.0734. The first-order chi connectivity index (χ1) is 8.01. The van der Waals surface area contributed by atoms with Gasteiger partial charge in [-0.05, 0) is 6.07 Å². The minimum atomic E-state index is -3.00. The first kappa shape index (κ1) is 11.9. The summed E-state index contributed by atoms with van der Waals surface area (Å²) in [4.78, 5) is 10.9. The molecule has 2 aromatic rings. The van der Waals surface area contributed by atoms with Gasteiger partial charge in [-0.15, -0.1) is 0 Å². The van der Waals surface area contributed by atoms with Crippen molar-refractivity contribution in [2.75, 3.05) is 12.0 Å². The van der Waals surface area contributed by atoms with E-state index in [1.165, 1.54) is 6.26 Å². The number of rotatable bonds is 4. The van der Waals surface area contributed by atoms with Gasteiger partial charge in [-0.3, -0.25) is 4.79 Å². The van der Waals surface area contributed by atoms with Gasteiger partial charge in [0.15, 0.2) is 6.29 Å². The number of carbonyl (C=O) groups is 1. The summed E-state index contributed by atoms with van der Waals surface area (Å²) in [5, 5.41) is 0.857. The smallest absolute Gasteiger partial charge is 0.152 e. The van der Waals surface area contributed by atoms with Gasteiger partial charge in [-0.1, -0.05) is 18.2 Å². The lowest BCUT2D eigenvalue weighted by molar-refractivity contribution is 0.112. The minimum absolute atomic E-state index is 0.0734. The monoisotopic (exact) mass is 251 g/mol. The summed E-state index contributed by atoms with van der Waals surface area (Å²) >= 11 is 0. The number of benzene rings is 1. The molecule has 1 aromatic carbocycles. The predicted molar refractivity (Wildman–Crippen MR) is 67.0 cm³/mol. The topological polar surface area (TPSA) is 56.1 Å². The van der Waals surface area contributed by atoms with Crippen molar-refractivity contribution in [1.29, 1.82) is 0 Å². The van der Waals surface area contributed by atoms with E-state index in [1.54, 1.807) is 10.8 Å². The SMILES string of the molecule is CS(=O)(=O)CCn1cc(C=O)c2ccccc21. The molecule has 5 heteroatoms. The predicted octanol–water partition coefficient (Wildman–Crippen LogP) is 1.50. The van der Waals surface area contributed by atoms with Crippen LogP contribution in [0.2, 0.25) is 0 Å². The van der Waals surface area contributed by atoms with E-state index in [0.29, 0.717) is 12.1 Å². The lowest BCUT2D eigenvalue weighted by Gasteiger charge is -2.03. The summed E-state index contributed by atoms with van der Waals surface area (Å²) in [5.41, 5.74) is 1.48. The molecule has 2 rings (SSSR count). The van der Waals surface area contributed by atoms with Gasteiger partial charge in [0.1, 0.15) is 9.84 Å². The van der Waals surface area contributed by atoms with Crippen LogP contribution in [0.15, 0.2) is 30.5 Å². The normalized spacial score (nSPS) is 11.8. The second-order valence-corrected chi connectivity index (χ2v) is 6.30. The molecule has 0 atom stereocenters. The molecule has 0 bridgehead atoms. The van der Waals surface area contributed by atoms with E-state index in [9.17, 15) is 13.2 Å². The van der Waals surface area contributed by atoms with Crippen LogP contribution < -0.4 is 0 Å². The molecular weight excluding hydrogens is 238 g/mol. The van der Waals surface area contributed by atoms with Crippen LogP contribution in [0.5, 0.6) is 0 Å². The van der Waals surface area contributed by atoms with E-state index < -0.39 is 9.84 Å². The Morgan fingerprint density at radius 2 is 2.00 bits per heavy atom. The maximum atomic E-state index is 11.1. The van der Waals surface area contributed by atoms with Crippen LogP contribution in [0.4, 0.5) is 0 Å². The molecule has 0 saturated heterocycles. The first-order valence-corrected chi connectivity index (χ1v) is 7.28. The van der Waals surface area contributed by atoms with Crippen molar-refractivity contribution in [3.63, 3.8) is 0 Å². The van der Waals surface area contributed by atoms with Gasteiger partial charge in [0, 0.05) is 35.5 Å². The quantitative estimate of drug-likeness (QED) is 0.774. The Morgan fingerprint density at radius 1 is 1.29 bits per heavy atom. The van der Waals surface area contributed by atoms with Gasteiger partial charge in [0.25, 0.3) is 0 Å². The molecule has 90 valence electrons. The molecule has 0 amide bonds. The van der Waals surface area contributed by atoms with Crippen molar-refractivity contribution < 1.29 is 13.2 Å². The second kappa shape index (κ2) is 4.33. The van der Waals surface area contributed by atoms with E-state index in [4.69, 9.17) is 0 Å². The Hall–Kier alpha value is -1.62. The fourth-order valence-electron chi connectivity index (χ4n) is 1.82. The zero-order chi connectivity index (χ0) is 12.5. The molecule has 0 radical (unpaired) electrons. The average molecular weight is 251 g/mol. The molecule has 1 aromatic heterocycles. The van der Waals surface area contributed by atoms with Gasteiger partial charge in [-0.25, -0.2) is 8.42 Å². The fraction of sp³-hybridized carbons (Fsp3) is 0.250. The van der Waals surface area contributed by atoms with Crippen molar-refractivity contribution in [2.45, 2.75) is 6.54 Å². The van der Waals surface area contributed by atoms with Crippen LogP contribution in [0.25, 0.3) is 10.9 Å². The highest BCUT2D eigenvalue weighted by atomic mass is 32.2. The lowest BCUT2D eigenvalue weighted by Crippen LogP contribution is -2.10. The number of aldehydes is 1. The molecule has 0 N–H and O–H groups in total. The summed E-state index contributed by atoms with van der Waals surface area (Å²) in [7, 11) is -3.00. The molecule has 0 aliphatic heterocycles. The van der Waals surface area contributed by atoms with Gasteiger partial charge >= 0.3 is 0 Å². The highest BCUT2D eigenvalue weighted by Crippen LogP contribution is 2.19. The summed E-state index contributed by atoms with van der Waals surface area (Å²) in [6.07, 6.45) is 3.70. The maximum Gasteiger partial charge on any atom is 0.152 e. The highest BCUT2D eigenvalue weighted by molar-refractivity contribution is 7.90. The van der Waals surface area contributed by atoms with Crippen LogP contribution in [-0.4, -0.2) is 31.3 Å². The van der Waals surface area contributed by atoms with Gasteiger partial charge in [0.2, 0.25) is 0 Å². The number of fused-ring (bicyclic) bond motifs is 1. The van der Waals surface area contributed by atoms with Gasteiger partial charge in [0.05, 0.1) is 5.75 Å². The van der Waals surface area contributed by atoms with E-state index in [1.807, 2.05) is 24.3 Å². The van der Waals surface area contributed by atoms with Gasteiger partial charge in [-0.2, -0.15) is 0 Å². The third-order valence-electron chi connectivity index (χ3n) is 2.65. The number of aromatic nitrogens is 1. The molecule has 4 nitrogen and oxygen atoms in total. The zero-order valence-electron chi connectivity index (χ0n) is 9.46. The number of para-hydroxylation sites is 1. The van der Waals surface area contributed by atoms with Crippen molar-refractivity contribution in [3.8, 4) is 0 Å².